The first-order valence-corrected chi connectivity index (χ1v) is 16.8. The van der Waals surface area contributed by atoms with E-state index in [-0.39, 0.29) is 47.9 Å². The van der Waals surface area contributed by atoms with Crippen LogP contribution in [0.15, 0.2) is 110 Å². The predicted octanol–water partition coefficient (Wildman–Crippen LogP) is 7.29. The van der Waals surface area contributed by atoms with E-state index < -0.39 is 11.4 Å². The van der Waals surface area contributed by atoms with Crippen LogP contribution in [0.4, 0.5) is 5.82 Å². The average molecular weight is 719 g/mol. The number of hydrogen-bond donors (Lipinski definition) is 4. The molecule has 11 nitrogen and oxygen atoms in total. The topological polar surface area (TPSA) is 157 Å². The number of benzene rings is 3. The Labute approximate surface area is 304 Å². The standard InChI is InChI=1S/C22H25N3O3.C9H13N.C7H9ClN2O2.CH4/c1-15(2)25-21(26)13-20(24-22(25)27)23-16(3)18-9-11-19(12-10-18)28-14-17-7-5-4-6-8-17;1-7-3-5-9(6-4-7)8(2)10;1-4(2)10-6(11)3-5(8)9-7(10)12;/h4-13,15-16,23H,14H2,1-3H3,(H,24,27);3-6,8H,10H2,1-2H3;3-4H,1-2H3,(H,9,12);1H4/t16-;8-;;/m00../s1. The average Bonchev–Trinajstić information content (AvgIpc) is 3.04. The Hall–Kier alpha value is -5.13. The highest BCUT2D eigenvalue weighted by Gasteiger charge is 2.11. The Morgan fingerprint density at radius 1 is 0.725 bits per heavy atom. The SMILES string of the molecule is C.CC(C)n1c(=O)cc(Cl)[nH]c1=O.CC(C)n1c(=O)cc(N[C@@H](C)c2ccc(OCc3ccccc3)cc2)[nH]c1=O.Cc1ccc([C@H](C)N)cc1. The monoisotopic (exact) mass is 718 g/mol. The highest BCUT2D eigenvalue weighted by Crippen LogP contribution is 2.21. The van der Waals surface area contributed by atoms with Gasteiger partial charge in [-0.2, -0.15) is 0 Å². The number of ether oxygens (including phenoxy) is 1. The summed E-state index contributed by atoms with van der Waals surface area (Å²) in [6.45, 7) is 13.7. The summed E-state index contributed by atoms with van der Waals surface area (Å²) in [5.41, 5.74) is 8.69. The van der Waals surface area contributed by atoms with E-state index >= 15 is 0 Å². The first-order valence-electron chi connectivity index (χ1n) is 16.4. The third-order valence-electron chi connectivity index (χ3n) is 7.53. The fourth-order valence-corrected chi connectivity index (χ4v) is 4.99. The molecule has 3 aromatic carbocycles. The van der Waals surface area contributed by atoms with Crippen molar-refractivity contribution in [2.75, 3.05) is 5.32 Å². The fourth-order valence-electron chi connectivity index (χ4n) is 4.82. The molecule has 0 aliphatic rings. The van der Waals surface area contributed by atoms with Crippen molar-refractivity contribution in [3.8, 4) is 5.75 Å². The number of nitrogens with zero attached hydrogens (tertiary/aromatic N) is 2. The molecule has 0 fully saturated rings. The molecule has 12 heteroatoms. The van der Waals surface area contributed by atoms with Gasteiger partial charge in [-0.3, -0.25) is 28.7 Å². The molecular weight excluding hydrogens is 668 g/mol. The summed E-state index contributed by atoms with van der Waals surface area (Å²) in [6, 6.07) is 28.4. The second-order valence-corrected chi connectivity index (χ2v) is 12.8. The van der Waals surface area contributed by atoms with Crippen molar-refractivity contribution in [2.45, 2.75) is 86.7 Å². The van der Waals surface area contributed by atoms with Crippen LogP contribution in [-0.2, 0) is 6.61 Å². The summed E-state index contributed by atoms with van der Waals surface area (Å²) in [5.74, 6) is 1.19. The molecule has 0 aliphatic carbocycles. The van der Waals surface area contributed by atoms with E-state index in [4.69, 9.17) is 22.1 Å². The molecule has 0 bridgehead atoms. The molecule has 0 amide bonds. The lowest BCUT2D eigenvalue weighted by atomic mass is 10.1. The highest BCUT2D eigenvalue weighted by molar-refractivity contribution is 6.29. The number of H-pyrrole nitrogens is 2. The van der Waals surface area contributed by atoms with Crippen molar-refractivity contribution in [3.63, 3.8) is 0 Å². The Bertz CT molecular complexity index is 1970. The number of aryl methyl sites for hydroxylation is 1. The van der Waals surface area contributed by atoms with E-state index in [9.17, 15) is 19.2 Å². The zero-order valence-corrected chi connectivity index (χ0v) is 30.3. The third-order valence-corrected chi connectivity index (χ3v) is 7.74. The van der Waals surface area contributed by atoms with E-state index in [0.717, 1.165) is 21.4 Å². The normalized spacial score (nSPS) is 11.7. The molecule has 0 aliphatic heterocycles. The van der Waals surface area contributed by atoms with Crippen molar-refractivity contribution in [2.24, 2.45) is 5.73 Å². The second kappa shape index (κ2) is 19.9. The van der Waals surface area contributed by atoms with E-state index in [2.05, 4.69) is 46.5 Å². The first kappa shape index (κ1) is 42.0. The number of rotatable bonds is 9. The highest BCUT2D eigenvalue weighted by atomic mass is 35.5. The molecule has 51 heavy (non-hydrogen) atoms. The minimum Gasteiger partial charge on any atom is -0.489 e. The number of halogens is 1. The molecule has 2 atom stereocenters. The molecule has 0 saturated heterocycles. The molecule has 0 unspecified atom stereocenters. The summed E-state index contributed by atoms with van der Waals surface area (Å²) in [7, 11) is 0. The lowest BCUT2D eigenvalue weighted by molar-refractivity contribution is 0.306. The minimum atomic E-state index is -0.470. The summed E-state index contributed by atoms with van der Waals surface area (Å²) in [5, 5.41) is 3.24. The van der Waals surface area contributed by atoms with E-state index in [1.54, 1.807) is 27.7 Å². The second-order valence-electron chi connectivity index (χ2n) is 12.4. The minimum absolute atomic E-state index is 0. The summed E-state index contributed by atoms with van der Waals surface area (Å²) in [4.78, 5) is 51.6. The van der Waals surface area contributed by atoms with Gasteiger partial charge in [-0.25, -0.2) is 9.59 Å². The van der Waals surface area contributed by atoms with Gasteiger partial charge in [0, 0.05) is 36.3 Å². The molecule has 2 aromatic heterocycles. The van der Waals surface area contributed by atoms with E-state index in [1.165, 1.54) is 27.8 Å². The van der Waals surface area contributed by atoms with Crippen molar-refractivity contribution in [1.29, 1.82) is 0 Å². The number of nitrogens with two attached hydrogens (primary N) is 1. The van der Waals surface area contributed by atoms with Crippen LogP contribution in [0.5, 0.6) is 5.75 Å². The molecule has 5 rings (SSSR count). The van der Waals surface area contributed by atoms with Gasteiger partial charge < -0.3 is 15.8 Å². The van der Waals surface area contributed by atoms with Gasteiger partial charge in [0.05, 0.1) is 0 Å². The number of anilines is 1. The van der Waals surface area contributed by atoms with E-state index in [0.29, 0.717) is 12.4 Å². The van der Waals surface area contributed by atoms with Crippen molar-refractivity contribution >= 4 is 17.4 Å². The maximum Gasteiger partial charge on any atom is 0.330 e. The lowest BCUT2D eigenvalue weighted by Gasteiger charge is -2.17. The molecule has 0 radical (unpaired) electrons. The van der Waals surface area contributed by atoms with Crippen LogP contribution in [0, 0.1) is 6.92 Å². The maximum absolute atomic E-state index is 12.1. The van der Waals surface area contributed by atoms with Gasteiger partial charge >= 0.3 is 11.4 Å². The lowest BCUT2D eigenvalue weighted by Crippen LogP contribution is -2.36. The quantitative estimate of drug-likeness (QED) is 0.117. The van der Waals surface area contributed by atoms with Gasteiger partial charge in [-0.1, -0.05) is 91.3 Å². The van der Waals surface area contributed by atoms with Gasteiger partial charge in [0.15, 0.2) is 0 Å². The number of aromatic nitrogens is 4. The summed E-state index contributed by atoms with van der Waals surface area (Å²) >= 11 is 5.46. The van der Waals surface area contributed by atoms with Gasteiger partial charge in [0.1, 0.15) is 23.3 Å². The van der Waals surface area contributed by atoms with Crippen LogP contribution >= 0.6 is 11.6 Å². The summed E-state index contributed by atoms with van der Waals surface area (Å²) < 4.78 is 8.09. The Morgan fingerprint density at radius 3 is 1.73 bits per heavy atom. The molecule has 5 N–H and O–H groups in total. The fraction of sp³-hybridized carbons (Fsp3) is 0.333. The van der Waals surface area contributed by atoms with Gasteiger partial charge in [0.25, 0.3) is 11.1 Å². The molecule has 5 aromatic rings. The van der Waals surface area contributed by atoms with Crippen LogP contribution in [-0.4, -0.2) is 19.1 Å². The van der Waals surface area contributed by atoms with Crippen LogP contribution < -0.4 is 38.3 Å². The summed E-state index contributed by atoms with van der Waals surface area (Å²) in [6.07, 6.45) is 0. The molecular formula is C39H51ClN6O5. The Morgan fingerprint density at radius 2 is 1.24 bits per heavy atom. The van der Waals surface area contributed by atoms with Crippen LogP contribution in [0.2, 0.25) is 5.15 Å². The zero-order chi connectivity index (χ0) is 37.0. The predicted molar refractivity (Wildman–Crippen MR) is 208 cm³/mol. The smallest absolute Gasteiger partial charge is 0.330 e. The Kier molecular flexibility index (Phi) is 16.4. The van der Waals surface area contributed by atoms with E-state index in [1.807, 2.05) is 68.4 Å². The molecule has 0 spiro atoms. The van der Waals surface area contributed by atoms with Crippen molar-refractivity contribution in [3.05, 3.63) is 160 Å². The molecule has 0 saturated carbocycles. The van der Waals surface area contributed by atoms with Gasteiger partial charge in [0.2, 0.25) is 0 Å². The Balaban J connectivity index is 0.000000322. The van der Waals surface area contributed by atoms with Gasteiger partial charge in [-0.15, -0.1) is 0 Å². The van der Waals surface area contributed by atoms with Crippen molar-refractivity contribution in [1.82, 2.24) is 19.1 Å². The number of aromatic amines is 2. The largest absolute Gasteiger partial charge is 0.489 e. The van der Waals surface area contributed by atoms with Crippen LogP contribution in [0.3, 0.4) is 0 Å². The van der Waals surface area contributed by atoms with Crippen LogP contribution in [0.1, 0.15) is 95.4 Å². The van der Waals surface area contributed by atoms with Gasteiger partial charge in [-0.05, 0) is 77.3 Å². The third kappa shape index (κ3) is 12.9. The molecule has 274 valence electrons. The van der Waals surface area contributed by atoms with Crippen LogP contribution in [0.25, 0.3) is 0 Å². The number of hydrogen-bond acceptors (Lipinski definition) is 7. The first-order chi connectivity index (χ1) is 23.7. The zero-order valence-electron chi connectivity index (χ0n) is 29.6. The maximum atomic E-state index is 12.1. The van der Waals surface area contributed by atoms with Crippen molar-refractivity contribution < 1.29 is 4.74 Å². The number of nitrogens with one attached hydrogen (secondary N) is 3. The molecule has 2 heterocycles.